The Bertz CT molecular complexity index is 190. The summed E-state index contributed by atoms with van der Waals surface area (Å²) in [5.41, 5.74) is 0.198. The monoisotopic (exact) mass is 241 g/mol. The first-order valence-electron chi connectivity index (χ1n) is 7.39. The fourth-order valence-electron chi connectivity index (χ4n) is 2.89. The zero-order valence-electron chi connectivity index (χ0n) is 12.0. The molecule has 0 aliphatic heterocycles. The molecule has 0 aromatic carbocycles. The topological polar surface area (TPSA) is 32.3 Å². The lowest BCUT2D eigenvalue weighted by Gasteiger charge is -2.27. The van der Waals surface area contributed by atoms with Crippen LogP contribution in [0.25, 0.3) is 0 Å². The van der Waals surface area contributed by atoms with Crippen molar-refractivity contribution in [2.45, 2.75) is 71.3 Å². The van der Waals surface area contributed by atoms with Crippen LogP contribution >= 0.6 is 0 Å². The second-order valence-electron chi connectivity index (χ2n) is 6.66. The molecule has 1 unspecified atom stereocenters. The highest BCUT2D eigenvalue weighted by Crippen LogP contribution is 2.30. The minimum Gasteiger partial charge on any atom is -0.396 e. The van der Waals surface area contributed by atoms with E-state index in [2.05, 4.69) is 26.1 Å². The van der Waals surface area contributed by atoms with Gasteiger partial charge in [0.25, 0.3) is 0 Å². The maximum absolute atomic E-state index is 9.57. The molecular formula is C15H31NO. The smallest absolute Gasteiger partial charge is 0.0462 e. The molecule has 0 amide bonds. The van der Waals surface area contributed by atoms with Crippen molar-refractivity contribution in [2.75, 3.05) is 13.2 Å². The van der Waals surface area contributed by atoms with E-state index in [0.29, 0.717) is 12.5 Å². The van der Waals surface area contributed by atoms with Crippen molar-refractivity contribution in [2.24, 2.45) is 11.8 Å². The number of rotatable bonds is 5. The molecule has 102 valence electrons. The van der Waals surface area contributed by atoms with E-state index in [1.807, 2.05) is 0 Å². The van der Waals surface area contributed by atoms with Gasteiger partial charge in [0, 0.05) is 12.1 Å². The quantitative estimate of drug-likeness (QED) is 0.724. The predicted octanol–water partition coefficient (Wildman–Crippen LogP) is 3.34. The first-order chi connectivity index (χ1) is 8.03. The van der Waals surface area contributed by atoms with Crippen LogP contribution in [0.5, 0.6) is 0 Å². The third-order valence-electron chi connectivity index (χ3n) is 3.97. The van der Waals surface area contributed by atoms with Gasteiger partial charge in [0.1, 0.15) is 0 Å². The Morgan fingerprint density at radius 1 is 1.12 bits per heavy atom. The van der Waals surface area contributed by atoms with Gasteiger partial charge in [-0.1, -0.05) is 38.5 Å². The zero-order valence-corrected chi connectivity index (χ0v) is 12.0. The molecule has 0 heterocycles. The summed E-state index contributed by atoms with van der Waals surface area (Å²) < 4.78 is 0. The van der Waals surface area contributed by atoms with Crippen LogP contribution < -0.4 is 5.32 Å². The molecular weight excluding hydrogens is 210 g/mol. The zero-order chi connectivity index (χ0) is 12.7. The summed E-state index contributed by atoms with van der Waals surface area (Å²) in [6.07, 6.45) is 9.32. The Morgan fingerprint density at radius 2 is 1.71 bits per heavy atom. The van der Waals surface area contributed by atoms with E-state index in [4.69, 9.17) is 0 Å². The number of aliphatic hydroxyl groups is 1. The average molecular weight is 241 g/mol. The SMILES string of the molecule is CC(C)(C)NCCC(CO)C1CCCCCC1. The molecule has 0 aromatic heterocycles. The first kappa shape index (κ1) is 15.0. The Morgan fingerprint density at radius 3 is 2.18 bits per heavy atom. The van der Waals surface area contributed by atoms with Crippen molar-refractivity contribution >= 4 is 0 Å². The highest BCUT2D eigenvalue weighted by atomic mass is 16.3. The van der Waals surface area contributed by atoms with Crippen LogP contribution in [0.2, 0.25) is 0 Å². The Kier molecular flexibility index (Phi) is 6.50. The van der Waals surface area contributed by atoms with Crippen LogP contribution in [0, 0.1) is 11.8 Å². The van der Waals surface area contributed by atoms with Gasteiger partial charge in [0.15, 0.2) is 0 Å². The number of aliphatic hydroxyl groups excluding tert-OH is 1. The van der Waals surface area contributed by atoms with Crippen LogP contribution in [-0.2, 0) is 0 Å². The minimum absolute atomic E-state index is 0.198. The van der Waals surface area contributed by atoms with E-state index in [-0.39, 0.29) is 5.54 Å². The Balaban J connectivity index is 2.31. The summed E-state index contributed by atoms with van der Waals surface area (Å²) in [6.45, 7) is 8.01. The Labute approximate surface area is 107 Å². The fraction of sp³-hybridized carbons (Fsp3) is 1.00. The molecule has 1 aliphatic rings. The van der Waals surface area contributed by atoms with Crippen molar-refractivity contribution in [1.29, 1.82) is 0 Å². The third-order valence-corrected chi connectivity index (χ3v) is 3.97. The van der Waals surface area contributed by atoms with Crippen molar-refractivity contribution in [3.8, 4) is 0 Å². The molecule has 0 radical (unpaired) electrons. The molecule has 1 rings (SSSR count). The van der Waals surface area contributed by atoms with Gasteiger partial charge < -0.3 is 10.4 Å². The summed E-state index contributed by atoms with van der Waals surface area (Å²) in [6, 6.07) is 0. The molecule has 1 saturated carbocycles. The molecule has 1 aliphatic carbocycles. The molecule has 0 saturated heterocycles. The van der Waals surface area contributed by atoms with E-state index in [1.54, 1.807) is 0 Å². The van der Waals surface area contributed by atoms with Crippen molar-refractivity contribution in [3.63, 3.8) is 0 Å². The molecule has 0 aromatic rings. The van der Waals surface area contributed by atoms with Crippen molar-refractivity contribution in [3.05, 3.63) is 0 Å². The fourth-order valence-corrected chi connectivity index (χ4v) is 2.89. The van der Waals surface area contributed by atoms with Gasteiger partial charge in [-0.25, -0.2) is 0 Å². The van der Waals surface area contributed by atoms with Gasteiger partial charge in [0.05, 0.1) is 0 Å². The number of nitrogens with one attached hydrogen (secondary N) is 1. The number of hydrogen-bond acceptors (Lipinski definition) is 2. The second-order valence-corrected chi connectivity index (χ2v) is 6.66. The number of hydrogen-bond donors (Lipinski definition) is 2. The largest absolute Gasteiger partial charge is 0.396 e. The third kappa shape index (κ3) is 6.42. The molecule has 1 fully saturated rings. The van der Waals surface area contributed by atoms with Crippen LogP contribution in [0.3, 0.4) is 0 Å². The van der Waals surface area contributed by atoms with Crippen LogP contribution in [0.1, 0.15) is 65.7 Å². The van der Waals surface area contributed by atoms with Crippen LogP contribution in [0.4, 0.5) is 0 Å². The highest BCUT2D eigenvalue weighted by molar-refractivity contribution is 4.76. The highest BCUT2D eigenvalue weighted by Gasteiger charge is 2.22. The van der Waals surface area contributed by atoms with Crippen molar-refractivity contribution < 1.29 is 5.11 Å². The minimum atomic E-state index is 0.198. The first-order valence-corrected chi connectivity index (χ1v) is 7.39. The molecule has 2 heteroatoms. The molecule has 1 atom stereocenters. The normalized spacial score (nSPS) is 21.2. The second kappa shape index (κ2) is 7.38. The van der Waals surface area contributed by atoms with Gasteiger partial charge in [-0.05, 0) is 45.6 Å². The van der Waals surface area contributed by atoms with Crippen LogP contribution in [0.15, 0.2) is 0 Å². The van der Waals surface area contributed by atoms with E-state index in [0.717, 1.165) is 18.9 Å². The molecule has 17 heavy (non-hydrogen) atoms. The van der Waals surface area contributed by atoms with Gasteiger partial charge in [0.2, 0.25) is 0 Å². The van der Waals surface area contributed by atoms with E-state index < -0.39 is 0 Å². The molecule has 0 spiro atoms. The summed E-state index contributed by atoms with van der Waals surface area (Å²) in [4.78, 5) is 0. The van der Waals surface area contributed by atoms with Gasteiger partial charge in [-0.2, -0.15) is 0 Å². The lowest BCUT2D eigenvalue weighted by atomic mass is 9.84. The lowest BCUT2D eigenvalue weighted by molar-refractivity contribution is 0.152. The van der Waals surface area contributed by atoms with Gasteiger partial charge in [-0.3, -0.25) is 0 Å². The van der Waals surface area contributed by atoms with E-state index >= 15 is 0 Å². The molecule has 0 bridgehead atoms. The van der Waals surface area contributed by atoms with Crippen molar-refractivity contribution in [1.82, 2.24) is 5.32 Å². The standard InChI is InChI=1S/C15H31NO/c1-15(2,3)16-11-10-14(12-17)13-8-6-4-5-7-9-13/h13-14,16-17H,4-12H2,1-3H3. The maximum atomic E-state index is 9.57. The summed E-state index contributed by atoms with van der Waals surface area (Å²) in [5, 5.41) is 13.1. The van der Waals surface area contributed by atoms with Gasteiger partial charge >= 0.3 is 0 Å². The van der Waals surface area contributed by atoms with Crippen LogP contribution in [-0.4, -0.2) is 23.8 Å². The molecule has 2 N–H and O–H groups in total. The summed E-state index contributed by atoms with van der Waals surface area (Å²) in [7, 11) is 0. The average Bonchev–Trinajstić information content (AvgIpc) is 2.51. The molecule has 2 nitrogen and oxygen atoms in total. The summed E-state index contributed by atoms with van der Waals surface area (Å²) in [5.74, 6) is 1.28. The van der Waals surface area contributed by atoms with Gasteiger partial charge in [-0.15, -0.1) is 0 Å². The summed E-state index contributed by atoms with van der Waals surface area (Å²) >= 11 is 0. The predicted molar refractivity (Wildman–Crippen MR) is 74.1 cm³/mol. The maximum Gasteiger partial charge on any atom is 0.0462 e. The Hall–Kier alpha value is -0.0800. The van der Waals surface area contributed by atoms with E-state index in [9.17, 15) is 5.11 Å². The van der Waals surface area contributed by atoms with E-state index in [1.165, 1.54) is 38.5 Å². The lowest BCUT2D eigenvalue weighted by Crippen LogP contribution is -2.38.